The molecule has 0 fully saturated rings. The van der Waals surface area contributed by atoms with Crippen LogP contribution in [0, 0.1) is 5.92 Å². The van der Waals surface area contributed by atoms with Crippen molar-refractivity contribution < 1.29 is 0 Å². The van der Waals surface area contributed by atoms with E-state index in [1.165, 1.54) is 24.0 Å². The van der Waals surface area contributed by atoms with Crippen LogP contribution in [0.3, 0.4) is 0 Å². The Morgan fingerprint density at radius 2 is 1.65 bits per heavy atom. The highest BCUT2D eigenvalue weighted by Gasteiger charge is 1.99. The zero-order valence-corrected chi connectivity index (χ0v) is 11.8. The van der Waals surface area contributed by atoms with Gasteiger partial charge in [-0.05, 0) is 42.3 Å². The molecule has 1 heteroatoms. The molecule has 1 nitrogen and oxygen atoms in total. The SMILES string of the molecule is CC(C)CCCNCc1ccc(C(C)C)cc1. The normalized spacial score (nSPS) is 11.4. The van der Waals surface area contributed by atoms with Crippen molar-refractivity contribution in [3.63, 3.8) is 0 Å². The summed E-state index contributed by atoms with van der Waals surface area (Å²) in [5.41, 5.74) is 2.81. The smallest absolute Gasteiger partial charge is 0.0205 e. The molecular formula is C16H27N. The number of hydrogen-bond acceptors (Lipinski definition) is 1. The number of rotatable bonds is 7. The van der Waals surface area contributed by atoms with Gasteiger partial charge in [0.1, 0.15) is 0 Å². The van der Waals surface area contributed by atoms with E-state index in [4.69, 9.17) is 0 Å². The lowest BCUT2D eigenvalue weighted by Gasteiger charge is -2.09. The van der Waals surface area contributed by atoms with Gasteiger partial charge in [0, 0.05) is 6.54 Å². The van der Waals surface area contributed by atoms with Crippen LogP contribution in [0.2, 0.25) is 0 Å². The van der Waals surface area contributed by atoms with Gasteiger partial charge in [-0.25, -0.2) is 0 Å². The molecular weight excluding hydrogens is 206 g/mol. The molecule has 0 amide bonds. The van der Waals surface area contributed by atoms with Gasteiger partial charge in [0.25, 0.3) is 0 Å². The first-order valence-electron chi connectivity index (χ1n) is 6.89. The van der Waals surface area contributed by atoms with Crippen molar-refractivity contribution in [3.8, 4) is 0 Å². The second-order valence-corrected chi connectivity index (χ2v) is 5.61. The van der Waals surface area contributed by atoms with Crippen LogP contribution >= 0.6 is 0 Å². The maximum Gasteiger partial charge on any atom is 0.0205 e. The fourth-order valence-electron chi connectivity index (χ4n) is 1.89. The lowest BCUT2D eigenvalue weighted by Crippen LogP contribution is -2.15. The van der Waals surface area contributed by atoms with Gasteiger partial charge in [0.05, 0.1) is 0 Å². The van der Waals surface area contributed by atoms with Crippen molar-refractivity contribution in [2.24, 2.45) is 5.92 Å². The van der Waals surface area contributed by atoms with E-state index in [0.717, 1.165) is 19.0 Å². The third-order valence-corrected chi connectivity index (χ3v) is 3.11. The Morgan fingerprint density at radius 1 is 1.00 bits per heavy atom. The molecule has 1 rings (SSSR count). The summed E-state index contributed by atoms with van der Waals surface area (Å²) < 4.78 is 0. The van der Waals surface area contributed by atoms with E-state index >= 15 is 0 Å². The third kappa shape index (κ3) is 5.88. The number of hydrogen-bond donors (Lipinski definition) is 1. The van der Waals surface area contributed by atoms with E-state index in [2.05, 4.69) is 57.3 Å². The quantitative estimate of drug-likeness (QED) is 0.691. The van der Waals surface area contributed by atoms with Gasteiger partial charge in [0.2, 0.25) is 0 Å². The Labute approximate surface area is 107 Å². The summed E-state index contributed by atoms with van der Waals surface area (Å²) in [5, 5.41) is 3.51. The predicted molar refractivity (Wildman–Crippen MR) is 76.3 cm³/mol. The van der Waals surface area contributed by atoms with Crippen molar-refractivity contribution in [1.29, 1.82) is 0 Å². The number of benzene rings is 1. The molecule has 0 bridgehead atoms. The Balaban J connectivity index is 2.23. The van der Waals surface area contributed by atoms with Crippen LogP contribution in [-0.4, -0.2) is 6.54 Å². The van der Waals surface area contributed by atoms with E-state index in [9.17, 15) is 0 Å². The zero-order chi connectivity index (χ0) is 12.7. The Morgan fingerprint density at radius 3 is 2.18 bits per heavy atom. The maximum atomic E-state index is 3.51. The summed E-state index contributed by atoms with van der Waals surface area (Å²) in [7, 11) is 0. The van der Waals surface area contributed by atoms with E-state index in [1.807, 2.05) is 0 Å². The molecule has 0 saturated heterocycles. The molecule has 0 aliphatic carbocycles. The largest absolute Gasteiger partial charge is 0.313 e. The standard InChI is InChI=1S/C16H27N/c1-13(2)6-5-11-17-12-15-7-9-16(10-8-15)14(3)4/h7-10,13-14,17H,5-6,11-12H2,1-4H3. The van der Waals surface area contributed by atoms with Crippen molar-refractivity contribution in [2.75, 3.05) is 6.54 Å². The molecule has 0 spiro atoms. The van der Waals surface area contributed by atoms with E-state index in [1.54, 1.807) is 0 Å². The summed E-state index contributed by atoms with van der Waals surface area (Å²) in [5.74, 6) is 1.45. The van der Waals surface area contributed by atoms with Gasteiger partial charge in [-0.2, -0.15) is 0 Å². The zero-order valence-electron chi connectivity index (χ0n) is 11.8. The Bertz CT molecular complexity index is 298. The van der Waals surface area contributed by atoms with Crippen molar-refractivity contribution in [2.45, 2.75) is 53.0 Å². The van der Waals surface area contributed by atoms with Crippen LogP contribution in [-0.2, 0) is 6.54 Å². The molecule has 0 atom stereocenters. The molecule has 0 aliphatic rings. The van der Waals surface area contributed by atoms with Crippen molar-refractivity contribution >= 4 is 0 Å². The highest BCUT2D eigenvalue weighted by Crippen LogP contribution is 2.14. The molecule has 17 heavy (non-hydrogen) atoms. The molecule has 0 aliphatic heterocycles. The Hall–Kier alpha value is -0.820. The minimum Gasteiger partial charge on any atom is -0.313 e. The van der Waals surface area contributed by atoms with Gasteiger partial charge >= 0.3 is 0 Å². The topological polar surface area (TPSA) is 12.0 Å². The molecule has 0 saturated carbocycles. The fourth-order valence-corrected chi connectivity index (χ4v) is 1.89. The molecule has 1 aromatic carbocycles. The molecule has 96 valence electrons. The van der Waals surface area contributed by atoms with Gasteiger partial charge in [-0.3, -0.25) is 0 Å². The lowest BCUT2D eigenvalue weighted by molar-refractivity contribution is 0.527. The first-order valence-corrected chi connectivity index (χ1v) is 6.89. The maximum absolute atomic E-state index is 3.51. The molecule has 0 heterocycles. The van der Waals surface area contributed by atoms with Gasteiger partial charge < -0.3 is 5.32 Å². The number of nitrogens with one attached hydrogen (secondary N) is 1. The molecule has 1 aromatic rings. The minimum atomic E-state index is 0.628. The summed E-state index contributed by atoms with van der Waals surface area (Å²) in [4.78, 5) is 0. The summed E-state index contributed by atoms with van der Waals surface area (Å²) >= 11 is 0. The van der Waals surface area contributed by atoms with Crippen LogP contribution in [0.1, 0.15) is 57.6 Å². The highest BCUT2D eigenvalue weighted by molar-refractivity contribution is 5.24. The van der Waals surface area contributed by atoms with Gasteiger partial charge in [0.15, 0.2) is 0 Å². The minimum absolute atomic E-state index is 0.628. The average Bonchev–Trinajstić information content (AvgIpc) is 2.29. The van der Waals surface area contributed by atoms with E-state index in [-0.39, 0.29) is 0 Å². The first kappa shape index (κ1) is 14.2. The first-order chi connectivity index (χ1) is 8.09. The Kier molecular flexibility index (Phi) is 6.28. The third-order valence-electron chi connectivity index (χ3n) is 3.11. The summed E-state index contributed by atoms with van der Waals surface area (Å²) in [6.45, 7) is 11.2. The predicted octanol–water partition coefficient (Wildman–Crippen LogP) is 4.34. The monoisotopic (exact) mass is 233 g/mol. The molecule has 0 unspecified atom stereocenters. The molecule has 1 N–H and O–H groups in total. The van der Waals surface area contributed by atoms with Crippen LogP contribution in [0.5, 0.6) is 0 Å². The fraction of sp³-hybridized carbons (Fsp3) is 0.625. The van der Waals surface area contributed by atoms with Crippen molar-refractivity contribution in [3.05, 3.63) is 35.4 Å². The average molecular weight is 233 g/mol. The van der Waals surface area contributed by atoms with Crippen LogP contribution in [0.15, 0.2) is 24.3 Å². The van der Waals surface area contributed by atoms with Gasteiger partial charge in [-0.1, -0.05) is 52.0 Å². The molecule has 0 aromatic heterocycles. The van der Waals surface area contributed by atoms with Crippen molar-refractivity contribution in [1.82, 2.24) is 5.32 Å². The molecule has 0 radical (unpaired) electrons. The second-order valence-electron chi connectivity index (χ2n) is 5.61. The van der Waals surface area contributed by atoms with Gasteiger partial charge in [-0.15, -0.1) is 0 Å². The van der Waals surface area contributed by atoms with E-state index in [0.29, 0.717) is 5.92 Å². The van der Waals surface area contributed by atoms with Crippen LogP contribution in [0.25, 0.3) is 0 Å². The summed E-state index contributed by atoms with van der Waals surface area (Å²) in [6.07, 6.45) is 2.60. The second kappa shape index (κ2) is 7.50. The van der Waals surface area contributed by atoms with Crippen LogP contribution < -0.4 is 5.32 Å². The highest BCUT2D eigenvalue weighted by atomic mass is 14.8. The van der Waals surface area contributed by atoms with E-state index < -0.39 is 0 Å². The lowest BCUT2D eigenvalue weighted by atomic mass is 10.0. The summed E-state index contributed by atoms with van der Waals surface area (Å²) in [6, 6.07) is 8.97. The van der Waals surface area contributed by atoms with Crippen LogP contribution in [0.4, 0.5) is 0 Å².